The molecule has 4 atom stereocenters. The van der Waals surface area contributed by atoms with Crippen molar-refractivity contribution in [3.8, 4) is 0 Å². The van der Waals surface area contributed by atoms with Crippen LogP contribution in [0.15, 0.2) is 206 Å². The van der Waals surface area contributed by atoms with E-state index in [0.717, 1.165) is 11.7 Å². The molecule has 1 saturated heterocycles. The smallest absolute Gasteiger partial charge is 0.362 e. The van der Waals surface area contributed by atoms with Crippen molar-refractivity contribution in [2.75, 3.05) is 0 Å². The van der Waals surface area contributed by atoms with Gasteiger partial charge in [-0.15, -0.1) is 0 Å². The number of hydrogen-bond acceptors (Lipinski definition) is 3. The summed E-state index contributed by atoms with van der Waals surface area (Å²) in [5.74, 6) is 2.01. The van der Waals surface area contributed by atoms with Crippen molar-refractivity contribution in [2.45, 2.75) is 73.6 Å². The monoisotopic (exact) mass is 1320 g/mol. The lowest BCUT2D eigenvalue weighted by molar-refractivity contribution is -0.502. The fourth-order valence-electron chi connectivity index (χ4n) is 11.2. The van der Waals surface area contributed by atoms with Crippen LogP contribution in [0.25, 0.3) is 0 Å². The van der Waals surface area contributed by atoms with Gasteiger partial charge in [-0.3, -0.25) is 10.3 Å². The molecule has 0 bridgehead atoms. The van der Waals surface area contributed by atoms with Gasteiger partial charge in [-0.2, -0.15) is 127 Å². The molecule has 0 unspecified atom stereocenters. The maximum Gasteiger partial charge on any atom is 0.416 e. The SMILES string of the molecule is C(=C1N[C@@H](c2ccccc2)[C@H](c2ccccc2)N1)C1=[NH+][C@@H](c2ccccc2)[C@H](c2ccccc2)N1.FC(F)(F)c1cc([B-](c2cc(C(F)(F)F)cc(C(F)(F)F)c2)(c2cc(C(F)(F)F)cc(C(F)(F)F)c2)c2cc(C(F)(F)F)cc(C(F)(F)F)c2)cc(C(F)(F)F)c1. The van der Waals surface area contributed by atoms with Gasteiger partial charge in [0.15, 0.2) is 12.1 Å². The lowest BCUT2D eigenvalue weighted by atomic mass is 9.12. The second kappa shape index (κ2) is 24.5. The van der Waals surface area contributed by atoms with Crippen LogP contribution in [-0.4, -0.2) is 12.0 Å². The normalized spacial score (nSPS) is 17.7. The van der Waals surface area contributed by atoms with Crippen LogP contribution in [0.2, 0.25) is 0 Å². The Morgan fingerprint density at radius 3 is 0.717 bits per heavy atom. The average Bonchev–Trinajstić information content (AvgIpc) is 0.932. The molecule has 8 aromatic carbocycles. The Balaban J connectivity index is 0.000000242. The molecule has 2 heterocycles. The number of alkyl halides is 24. The van der Waals surface area contributed by atoms with Crippen molar-refractivity contribution in [1.29, 1.82) is 0 Å². The van der Waals surface area contributed by atoms with E-state index in [1.807, 2.05) is 0 Å². The molecule has 29 heteroatoms. The van der Waals surface area contributed by atoms with E-state index < -0.39 is 195 Å². The van der Waals surface area contributed by atoms with Crippen LogP contribution in [0.1, 0.15) is 90.9 Å². The molecule has 4 N–H and O–H groups in total. The van der Waals surface area contributed by atoms with E-state index in [-0.39, 0.29) is 24.2 Å². The summed E-state index contributed by atoms with van der Waals surface area (Å²) in [6.45, 7) is 0. The third kappa shape index (κ3) is 14.8. The van der Waals surface area contributed by atoms with E-state index in [4.69, 9.17) is 0 Å². The number of nitrogens with one attached hydrogen (secondary N) is 4. The van der Waals surface area contributed by atoms with Crippen molar-refractivity contribution < 1.29 is 110 Å². The highest BCUT2D eigenvalue weighted by atomic mass is 19.4. The van der Waals surface area contributed by atoms with Gasteiger partial charge in [0.05, 0.1) is 62.7 Å². The zero-order chi connectivity index (χ0) is 67.4. The van der Waals surface area contributed by atoms with Gasteiger partial charge in [-0.05, 0) is 35.4 Å². The Labute approximate surface area is 505 Å². The van der Waals surface area contributed by atoms with E-state index >= 15 is 0 Å². The summed E-state index contributed by atoms with van der Waals surface area (Å²) in [6.07, 6.45) is -52.6. The quantitative estimate of drug-likeness (QED) is 0.0861. The number of amidine groups is 1. The molecule has 0 aliphatic carbocycles. The fraction of sp³-hybridized carbons (Fsp3) is 0.190. The third-order valence-electron chi connectivity index (χ3n) is 15.3. The van der Waals surface area contributed by atoms with Gasteiger partial charge in [0, 0.05) is 11.1 Å². The van der Waals surface area contributed by atoms with Gasteiger partial charge < -0.3 is 10.6 Å². The van der Waals surface area contributed by atoms with Crippen LogP contribution >= 0.6 is 0 Å². The maximum atomic E-state index is 14.2. The van der Waals surface area contributed by atoms with Gasteiger partial charge in [0.25, 0.3) is 5.84 Å². The zero-order valence-electron chi connectivity index (χ0n) is 46.0. The van der Waals surface area contributed by atoms with Gasteiger partial charge in [-0.25, -0.2) is 0 Å². The number of hydrogen-bond donors (Lipinski definition) is 4. The molecule has 0 spiro atoms. The van der Waals surface area contributed by atoms with Gasteiger partial charge in [0.1, 0.15) is 12.0 Å². The molecule has 4 nitrogen and oxygen atoms in total. The third-order valence-corrected chi connectivity index (χ3v) is 15.3. The summed E-state index contributed by atoms with van der Waals surface area (Å²) in [5, 5.41) is 11.2. The van der Waals surface area contributed by atoms with Crippen LogP contribution in [0.3, 0.4) is 0 Å². The Bertz CT molecular complexity index is 3500. The Hall–Kier alpha value is -9.05. The fourth-order valence-corrected chi connectivity index (χ4v) is 11.2. The molecule has 1 fully saturated rings. The minimum Gasteiger partial charge on any atom is -0.362 e. The molecular weight excluding hydrogens is 1280 g/mol. The largest absolute Gasteiger partial charge is 0.416 e. The summed E-state index contributed by atoms with van der Waals surface area (Å²) < 4.78 is 341. The lowest BCUT2D eigenvalue weighted by Crippen LogP contribution is -2.75. The molecular formula is C63H41BF24N4. The predicted octanol–water partition coefficient (Wildman–Crippen LogP) is 15.3. The van der Waals surface area contributed by atoms with Crippen molar-refractivity contribution in [3.05, 3.63) is 273 Å². The topological polar surface area (TPSA) is 50.1 Å². The molecule has 0 saturated carbocycles. The number of benzene rings is 8. The van der Waals surface area contributed by atoms with Crippen LogP contribution < -0.4 is 42.8 Å². The van der Waals surface area contributed by atoms with E-state index in [9.17, 15) is 105 Å². The summed E-state index contributed by atoms with van der Waals surface area (Å²) in [4.78, 5) is 3.74. The first-order chi connectivity index (χ1) is 42.6. The van der Waals surface area contributed by atoms with E-state index in [2.05, 4.69) is 148 Å². The molecule has 10 rings (SSSR count). The lowest BCUT2D eigenvalue weighted by Gasteiger charge is -2.46. The summed E-state index contributed by atoms with van der Waals surface area (Å²) in [5.41, 5.74) is -25.2. The molecule has 2 aliphatic rings. The summed E-state index contributed by atoms with van der Waals surface area (Å²) in [6, 6.07) is 34.3. The standard InChI is InChI=1S/C32H12BF24.C31H28N4/c34-25(35,36)13-1-14(26(37,38)39)6-21(5-13)33(22-7-15(27(40,41)42)2-16(8-22)28(43,44)45,23-9-17(29(46,47)48)3-18(10-23)30(49,50)51)24-11-19(31(52,53)54)4-20(12-24)32(55,56)57;1-5-13-22(14-6-1)28-29(23-15-7-2-8-16-23)33-26(32-28)21-27-34-30(24-17-9-3-10-18-24)31(35-27)25-19-11-4-12-20-25/h1-12H;1-21,28-33H,(H,34,35)/q-1;/p+1/t;28-,29-,30-,31-/m.0/s1. The minimum atomic E-state index is -6.13. The van der Waals surface area contributed by atoms with Crippen LogP contribution in [0.4, 0.5) is 105 Å². The molecule has 484 valence electrons. The van der Waals surface area contributed by atoms with Gasteiger partial charge in [-0.1, -0.05) is 170 Å². The van der Waals surface area contributed by atoms with Crippen LogP contribution in [-0.2, 0) is 49.4 Å². The first-order valence-corrected chi connectivity index (χ1v) is 26.8. The second-order valence-corrected chi connectivity index (χ2v) is 21.3. The second-order valence-electron chi connectivity index (χ2n) is 21.3. The van der Waals surface area contributed by atoms with Crippen LogP contribution in [0.5, 0.6) is 0 Å². The van der Waals surface area contributed by atoms with Crippen LogP contribution in [0, 0.1) is 0 Å². The molecule has 0 aromatic heterocycles. The predicted molar refractivity (Wildman–Crippen MR) is 290 cm³/mol. The first kappa shape index (κ1) is 67.4. The van der Waals surface area contributed by atoms with Gasteiger partial charge >= 0.3 is 49.4 Å². The Kier molecular flexibility index (Phi) is 18.0. The van der Waals surface area contributed by atoms with E-state index in [1.54, 1.807) is 0 Å². The van der Waals surface area contributed by atoms with Crippen molar-refractivity contribution in [1.82, 2.24) is 16.0 Å². The van der Waals surface area contributed by atoms with Crippen molar-refractivity contribution >= 4 is 33.8 Å². The van der Waals surface area contributed by atoms with E-state index in [1.165, 1.54) is 22.3 Å². The molecule has 0 amide bonds. The maximum absolute atomic E-state index is 14.2. The van der Waals surface area contributed by atoms with Crippen molar-refractivity contribution in [3.63, 3.8) is 0 Å². The number of rotatable bonds is 9. The average molecular weight is 1320 g/mol. The molecule has 2 aliphatic heterocycles. The van der Waals surface area contributed by atoms with Crippen molar-refractivity contribution in [2.24, 2.45) is 0 Å². The Morgan fingerprint density at radius 1 is 0.272 bits per heavy atom. The molecule has 8 aromatic rings. The summed E-state index contributed by atoms with van der Waals surface area (Å²) in [7, 11) is 0. The highest BCUT2D eigenvalue weighted by Crippen LogP contribution is 2.43. The van der Waals surface area contributed by atoms with Gasteiger partial charge in [0.2, 0.25) is 0 Å². The zero-order valence-corrected chi connectivity index (χ0v) is 46.0. The molecule has 92 heavy (non-hydrogen) atoms. The first-order valence-electron chi connectivity index (χ1n) is 26.8. The van der Waals surface area contributed by atoms with E-state index in [0.29, 0.717) is 0 Å². The highest BCUT2D eigenvalue weighted by Gasteiger charge is 2.48. The summed E-state index contributed by atoms with van der Waals surface area (Å²) >= 11 is 0. The Morgan fingerprint density at radius 2 is 0.489 bits per heavy atom. The minimum absolute atomic E-state index is 0.140. The number of halogens is 24. The molecule has 0 radical (unpaired) electrons. The highest BCUT2D eigenvalue weighted by molar-refractivity contribution is 7.20.